The van der Waals surface area contributed by atoms with Gasteiger partial charge in [-0.3, -0.25) is 9.78 Å². The van der Waals surface area contributed by atoms with E-state index in [0.717, 1.165) is 0 Å². The van der Waals surface area contributed by atoms with Crippen LogP contribution in [0.15, 0.2) is 48.8 Å². The van der Waals surface area contributed by atoms with Gasteiger partial charge in [0.05, 0.1) is 12.1 Å². The highest BCUT2D eigenvalue weighted by molar-refractivity contribution is 5.94. The Bertz CT molecular complexity index is 620. The molecule has 1 aromatic carbocycles. The summed E-state index contributed by atoms with van der Waals surface area (Å²) in [6.45, 7) is 0.223. The smallest absolute Gasteiger partial charge is 0.338 e. The van der Waals surface area contributed by atoms with Gasteiger partial charge in [-0.15, -0.1) is 12.4 Å². The number of carbonyl (C=O) groups is 2. The summed E-state index contributed by atoms with van der Waals surface area (Å²) in [5, 5.41) is 2.61. The maximum Gasteiger partial charge on any atom is 0.338 e. The first-order chi connectivity index (χ1) is 10.2. The van der Waals surface area contributed by atoms with Crippen molar-refractivity contribution < 1.29 is 18.7 Å². The third kappa shape index (κ3) is 5.14. The van der Waals surface area contributed by atoms with Crippen molar-refractivity contribution >= 4 is 24.3 Å². The van der Waals surface area contributed by atoms with Crippen molar-refractivity contribution in [2.75, 3.05) is 13.2 Å². The molecule has 7 heteroatoms. The minimum Gasteiger partial charge on any atom is -0.460 e. The largest absolute Gasteiger partial charge is 0.460 e. The lowest BCUT2D eigenvalue weighted by atomic mass is 10.2. The fraction of sp³-hybridized carbons (Fsp3) is 0.133. The number of benzene rings is 1. The fourth-order valence-corrected chi connectivity index (χ4v) is 1.58. The Morgan fingerprint density at radius 1 is 1.05 bits per heavy atom. The van der Waals surface area contributed by atoms with E-state index < -0.39 is 11.8 Å². The van der Waals surface area contributed by atoms with Gasteiger partial charge in [0.2, 0.25) is 0 Å². The maximum atomic E-state index is 12.7. The molecule has 0 bridgehead atoms. The molecule has 0 aliphatic heterocycles. The first-order valence-corrected chi connectivity index (χ1v) is 6.28. The second-order valence-electron chi connectivity index (χ2n) is 4.13. The molecule has 1 aromatic heterocycles. The van der Waals surface area contributed by atoms with Crippen LogP contribution in [-0.2, 0) is 4.74 Å². The van der Waals surface area contributed by atoms with Gasteiger partial charge in [-0.2, -0.15) is 0 Å². The molecular weight excluding hydrogens is 311 g/mol. The lowest BCUT2D eigenvalue weighted by Gasteiger charge is -2.06. The molecule has 0 saturated heterocycles. The Morgan fingerprint density at radius 2 is 1.68 bits per heavy atom. The molecule has 2 aromatic rings. The quantitative estimate of drug-likeness (QED) is 0.676. The van der Waals surface area contributed by atoms with Gasteiger partial charge in [0.15, 0.2) is 0 Å². The molecule has 0 radical (unpaired) electrons. The van der Waals surface area contributed by atoms with Crippen molar-refractivity contribution in [3.05, 3.63) is 65.7 Å². The van der Waals surface area contributed by atoms with Crippen LogP contribution in [0.3, 0.4) is 0 Å². The van der Waals surface area contributed by atoms with Gasteiger partial charge in [0, 0.05) is 18.0 Å². The Hall–Kier alpha value is -2.47. The van der Waals surface area contributed by atoms with Crippen LogP contribution < -0.4 is 5.32 Å². The molecule has 0 spiro atoms. The molecule has 1 N–H and O–H groups in total. The summed E-state index contributed by atoms with van der Waals surface area (Å²) in [5.74, 6) is -1.25. The van der Waals surface area contributed by atoms with Gasteiger partial charge in [-0.1, -0.05) is 0 Å². The number of hydrogen-bond acceptors (Lipinski definition) is 4. The first-order valence-electron chi connectivity index (χ1n) is 6.28. The summed E-state index contributed by atoms with van der Waals surface area (Å²) < 4.78 is 17.7. The van der Waals surface area contributed by atoms with Crippen molar-refractivity contribution in [1.29, 1.82) is 0 Å². The second kappa shape index (κ2) is 8.74. The summed E-state index contributed by atoms with van der Waals surface area (Å²) in [5.41, 5.74) is 0.742. The van der Waals surface area contributed by atoms with Gasteiger partial charge in [0.25, 0.3) is 5.91 Å². The van der Waals surface area contributed by atoms with Crippen LogP contribution in [0.25, 0.3) is 0 Å². The zero-order chi connectivity index (χ0) is 15.1. The highest BCUT2D eigenvalue weighted by Crippen LogP contribution is 2.04. The van der Waals surface area contributed by atoms with E-state index in [-0.39, 0.29) is 37.0 Å². The number of halogens is 2. The molecule has 22 heavy (non-hydrogen) atoms. The molecule has 0 unspecified atom stereocenters. The van der Waals surface area contributed by atoms with Crippen LogP contribution in [0, 0.1) is 5.82 Å². The van der Waals surface area contributed by atoms with E-state index in [1.807, 2.05) is 0 Å². The number of nitrogens with zero attached hydrogens (tertiary/aromatic N) is 1. The normalized spacial score (nSPS) is 9.50. The molecule has 0 aliphatic rings. The van der Waals surface area contributed by atoms with E-state index in [1.54, 1.807) is 12.1 Å². The lowest BCUT2D eigenvalue weighted by Crippen LogP contribution is -2.28. The predicted molar refractivity (Wildman–Crippen MR) is 80.5 cm³/mol. The summed E-state index contributed by atoms with van der Waals surface area (Å²) in [4.78, 5) is 27.1. The number of pyridine rings is 1. The van der Waals surface area contributed by atoms with Crippen molar-refractivity contribution in [2.45, 2.75) is 0 Å². The van der Waals surface area contributed by atoms with Crippen molar-refractivity contribution in [3.63, 3.8) is 0 Å². The van der Waals surface area contributed by atoms with Crippen molar-refractivity contribution in [1.82, 2.24) is 10.3 Å². The monoisotopic (exact) mass is 324 g/mol. The number of carbonyl (C=O) groups excluding carboxylic acids is 2. The zero-order valence-electron chi connectivity index (χ0n) is 11.5. The molecule has 1 heterocycles. The number of esters is 1. The second-order valence-corrected chi connectivity index (χ2v) is 4.13. The minimum absolute atomic E-state index is 0. The Kier molecular flexibility index (Phi) is 6.98. The Balaban J connectivity index is 0.00000242. The molecular formula is C15H14ClFN2O3. The van der Waals surface area contributed by atoms with E-state index in [9.17, 15) is 14.0 Å². The molecule has 0 fully saturated rings. The Morgan fingerprint density at radius 3 is 2.32 bits per heavy atom. The molecule has 5 nitrogen and oxygen atoms in total. The molecule has 0 atom stereocenters. The predicted octanol–water partition coefficient (Wildman–Crippen LogP) is 2.23. The van der Waals surface area contributed by atoms with Gasteiger partial charge in [-0.25, -0.2) is 9.18 Å². The van der Waals surface area contributed by atoms with Gasteiger partial charge < -0.3 is 10.1 Å². The zero-order valence-corrected chi connectivity index (χ0v) is 12.3. The topological polar surface area (TPSA) is 68.3 Å². The number of nitrogens with one attached hydrogen (secondary N) is 1. The van der Waals surface area contributed by atoms with Crippen LogP contribution in [-0.4, -0.2) is 30.0 Å². The fourth-order valence-electron chi connectivity index (χ4n) is 1.58. The van der Waals surface area contributed by atoms with E-state index >= 15 is 0 Å². The number of aromatic nitrogens is 1. The third-order valence-electron chi connectivity index (χ3n) is 2.64. The van der Waals surface area contributed by atoms with Crippen LogP contribution in [0.2, 0.25) is 0 Å². The van der Waals surface area contributed by atoms with E-state index in [0.29, 0.717) is 5.56 Å². The summed E-state index contributed by atoms with van der Waals surface area (Å²) >= 11 is 0. The minimum atomic E-state index is -0.562. The highest BCUT2D eigenvalue weighted by Gasteiger charge is 2.08. The number of rotatable bonds is 5. The molecule has 2 rings (SSSR count). The van der Waals surface area contributed by atoms with Crippen molar-refractivity contribution in [3.8, 4) is 0 Å². The van der Waals surface area contributed by atoms with E-state index in [2.05, 4.69) is 10.3 Å². The first kappa shape index (κ1) is 17.6. The van der Waals surface area contributed by atoms with Gasteiger partial charge in [-0.05, 0) is 36.4 Å². The number of ether oxygens (including phenoxy) is 1. The van der Waals surface area contributed by atoms with Gasteiger partial charge in [0.1, 0.15) is 12.4 Å². The Labute approximate surface area is 132 Å². The molecule has 116 valence electrons. The van der Waals surface area contributed by atoms with Gasteiger partial charge >= 0.3 is 5.97 Å². The van der Waals surface area contributed by atoms with Crippen LogP contribution in [0.1, 0.15) is 20.7 Å². The van der Waals surface area contributed by atoms with Crippen LogP contribution >= 0.6 is 12.4 Å². The number of amides is 1. The summed E-state index contributed by atoms with van der Waals surface area (Å²) in [6, 6.07) is 8.21. The SMILES string of the molecule is Cl.O=C(NCCOC(=O)c1ccc(F)cc1)c1ccncc1. The van der Waals surface area contributed by atoms with Crippen molar-refractivity contribution in [2.24, 2.45) is 0 Å². The van der Waals surface area contributed by atoms with Crippen LogP contribution in [0.5, 0.6) is 0 Å². The standard InChI is InChI=1S/C15H13FN2O3.ClH/c16-13-3-1-12(2-4-13)15(20)21-10-9-18-14(19)11-5-7-17-8-6-11;/h1-8H,9-10H2,(H,18,19);1H. The molecule has 0 aliphatic carbocycles. The highest BCUT2D eigenvalue weighted by atomic mass is 35.5. The van der Waals surface area contributed by atoms with E-state index in [4.69, 9.17) is 4.74 Å². The lowest BCUT2D eigenvalue weighted by molar-refractivity contribution is 0.0503. The molecule has 1 amide bonds. The third-order valence-corrected chi connectivity index (χ3v) is 2.64. The summed E-state index contributed by atoms with van der Waals surface area (Å²) in [6.07, 6.45) is 3.03. The van der Waals surface area contributed by atoms with E-state index in [1.165, 1.54) is 36.7 Å². The maximum absolute atomic E-state index is 12.7. The van der Waals surface area contributed by atoms with Crippen LogP contribution in [0.4, 0.5) is 4.39 Å². The average Bonchev–Trinajstić information content (AvgIpc) is 2.52. The summed E-state index contributed by atoms with van der Waals surface area (Å²) in [7, 11) is 0. The molecule has 0 saturated carbocycles. The average molecular weight is 325 g/mol. The number of hydrogen-bond donors (Lipinski definition) is 1.